The Morgan fingerprint density at radius 1 is 1.23 bits per heavy atom. The highest BCUT2D eigenvalue weighted by molar-refractivity contribution is 7.20. The van der Waals surface area contributed by atoms with Crippen LogP contribution in [-0.2, 0) is 0 Å². The summed E-state index contributed by atoms with van der Waals surface area (Å²) in [6.07, 6.45) is 3.25. The molecule has 1 aromatic carbocycles. The molecule has 0 radical (unpaired) electrons. The van der Waals surface area contributed by atoms with E-state index in [0.717, 1.165) is 16.2 Å². The lowest BCUT2D eigenvalue weighted by Gasteiger charge is -2.03. The highest BCUT2D eigenvalue weighted by atomic mass is 32.1. The number of benzene rings is 1. The summed E-state index contributed by atoms with van der Waals surface area (Å²) in [4.78, 5) is 17.0. The van der Waals surface area contributed by atoms with Crippen LogP contribution in [-0.4, -0.2) is 33.6 Å². The van der Waals surface area contributed by atoms with E-state index in [1.54, 1.807) is 35.0 Å². The summed E-state index contributed by atoms with van der Waals surface area (Å²) < 4.78 is 19.7. The number of halogens is 1. The van der Waals surface area contributed by atoms with E-state index in [9.17, 15) is 9.18 Å². The average molecular weight is 371 g/mol. The van der Waals surface area contributed by atoms with Crippen molar-refractivity contribution in [2.75, 3.05) is 18.4 Å². The number of rotatable bonds is 6. The Balaban J connectivity index is 1.34. The van der Waals surface area contributed by atoms with Gasteiger partial charge in [-0.25, -0.2) is 13.9 Å². The van der Waals surface area contributed by atoms with Gasteiger partial charge in [0, 0.05) is 18.7 Å². The number of carbonyl (C=O) groups is 1. The van der Waals surface area contributed by atoms with E-state index in [-0.39, 0.29) is 17.5 Å². The zero-order valence-electron chi connectivity index (χ0n) is 13.5. The first-order valence-corrected chi connectivity index (χ1v) is 8.68. The maximum atomic E-state index is 13.0. The second-order valence-electron chi connectivity index (χ2n) is 5.43. The summed E-state index contributed by atoms with van der Waals surface area (Å²) in [5.41, 5.74) is 1.57. The quantitative estimate of drug-likeness (QED) is 0.509. The van der Waals surface area contributed by atoms with Crippen LogP contribution in [0.3, 0.4) is 0 Å². The molecule has 0 saturated carbocycles. The first kappa shape index (κ1) is 16.3. The predicted octanol–water partition coefficient (Wildman–Crippen LogP) is 3.03. The number of imidazole rings is 1. The maximum absolute atomic E-state index is 13.0. The number of nitrogens with zero attached hydrogens (tertiary/aromatic N) is 3. The van der Waals surface area contributed by atoms with Crippen molar-refractivity contribution in [3.8, 4) is 11.3 Å². The summed E-state index contributed by atoms with van der Waals surface area (Å²) in [6, 6.07) is 9.45. The number of aromatic nitrogens is 3. The van der Waals surface area contributed by atoms with E-state index in [4.69, 9.17) is 4.42 Å². The summed E-state index contributed by atoms with van der Waals surface area (Å²) in [6.45, 7) is 0.955. The first-order chi connectivity index (χ1) is 12.7. The lowest BCUT2D eigenvalue weighted by atomic mass is 10.2. The third kappa shape index (κ3) is 3.42. The van der Waals surface area contributed by atoms with Crippen LogP contribution < -0.4 is 10.6 Å². The maximum Gasteiger partial charge on any atom is 0.287 e. The van der Waals surface area contributed by atoms with Crippen LogP contribution >= 0.6 is 11.3 Å². The van der Waals surface area contributed by atoms with Gasteiger partial charge >= 0.3 is 0 Å². The number of hydrogen-bond acceptors (Lipinski definition) is 6. The van der Waals surface area contributed by atoms with Crippen LogP contribution in [0, 0.1) is 5.82 Å². The number of furan rings is 1. The van der Waals surface area contributed by atoms with Crippen LogP contribution in [0.1, 0.15) is 10.6 Å². The molecule has 7 nitrogen and oxygen atoms in total. The molecule has 1 amide bonds. The first-order valence-electron chi connectivity index (χ1n) is 7.87. The van der Waals surface area contributed by atoms with Crippen molar-refractivity contribution in [1.82, 2.24) is 19.9 Å². The molecule has 0 aliphatic rings. The normalized spacial score (nSPS) is 11.0. The lowest BCUT2D eigenvalue weighted by Crippen LogP contribution is -2.28. The molecule has 0 atom stereocenters. The molecule has 0 spiro atoms. The van der Waals surface area contributed by atoms with Crippen LogP contribution in [0.15, 0.2) is 53.3 Å². The Labute approximate surface area is 151 Å². The van der Waals surface area contributed by atoms with E-state index in [1.165, 1.54) is 29.7 Å². The van der Waals surface area contributed by atoms with E-state index in [0.29, 0.717) is 18.2 Å². The number of fused-ring (bicyclic) bond motifs is 1. The Morgan fingerprint density at radius 2 is 2.08 bits per heavy atom. The Morgan fingerprint density at radius 3 is 2.81 bits per heavy atom. The van der Waals surface area contributed by atoms with Crippen molar-refractivity contribution in [3.05, 3.63) is 60.4 Å². The van der Waals surface area contributed by atoms with Gasteiger partial charge in [0.25, 0.3) is 5.91 Å². The zero-order chi connectivity index (χ0) is 17.9. The van der Waals surface area contributed by atoms with Crippen molar-refractivity contribution in [1.29, 1.82) is 0 Å². The highest BCUT2D eigenvalue weighted by Crippen LogP contribution is 2.24. The van der Waals surface area contributed by atoms with Gasteiger partial charge in [0.05, 0.1) is 18.2 Å². The van der Waals surface area contributed by atoms with E-state index >= 15 is 0 Å². The molecule has 3 aromatic heterocycles. The molecule has 2 N–H and O–H groups in total. The summed E-state index contributed by atoms with van der Waals surface area (Å²) in [5, 5.41) is 11.0. The molecule has 0 fully saturated rings. The number of carbonyl (C=O) groups excluding carboxylic acids is 1. The highest BCUT2D eigenvalue weighted by Gasteiger charge is 2.10. The van der Waals surface area contributed by atoms with Crippen LogP contribution in [0.25, 0.3) is 16.2 Å². The Hall–Kier alpha value is -3.20. The third-order valence-corrected chi connectivity index (χ3v) is 4.50. The fourth-order valence-electron chi connectivity index (χ4n) is 2.37. The number of anilines is 1. The number of nitrogens with one attached hydrogen (secondary N) is 2. The fraction of sp³-hybridized carbons (Fsp3) is 0.118. The van der Waals surface area contributed by atoms with Gasteiger partial charge in [-0.15, -0.1) is 5.10 Å². The standard InChI is InChI=1S/C17H14FN5O2S/c18-12-5-3-11(4-6-12)13-10-23-17(21-13)26-16(22-23)20-8-7-19-15(24)14-2-1-9-25-14/h1-6,9-10H,7-8H2,(H,19,24)(H,20,22). The van der Waals surface area contributed by atoms with Gasteiger partial charge in [0.1, 0.15) is 5.82 Å². The number of amides is 1. The predicted molar refractivity (Wildman–Crippen MR) is 95.8 cm³/mol. The molecular weight excluding hydrogens is 357 g/mol. The minimum atomic E-state index is -0.279. The van der Waals surface area contributed by atoms with Gasteiger partial charge < -0.3 is 15.1 Å². The molecule has 4 rings (SSSR count). The monoisotopic (exact) mass is 371 g/mol. The molecule has 26 heavy (non-hydrogen) atoms. The van der Waals surface area contributed by atoms with Crippen LogP contribution in [0.5, 0.6) is 0 Å². The smallest absolute Gasteiger partial charge is 0.287 e. The molecule has 4 aromatic rings. The Kier molecular flexibility index (Phi) is 4.36. The fourth-order valence-corrected chi connectivity index (χ4v) is 3.18. The van der Waals surface area contributed by atoms with Gasteiger partial charge in [0.15, 0.2) is 5.76 Å². The van der Waals surface area contributed by atoms with E-state index in [1.807, 2.05) is 0 Å². The molecule has 0 unspecified atom stereocenters. The van der Waals surface area contributed by atoms with Crippen molar-refractivity contribution >= 4 is 27.3 Å². The Bertz CT molecular complexity index is 992. The molecule has 132 valence electrons. The van der Waals surface area contributed by atoms with Crippen LogP contribution in [0.2, 0.25) is 0 Å². The van der Waals surface area contributed by atoms with Gasteiger partial charge in [-0.3, -0.25) is 4.79 Å². The molecule has 9 heteroatoms. The lowest BCUT2D eigenvalue weighted by molar-refractivity contribution is 0.0927. The molecule has 0 saturated heterocycles. The van der Waals surface area contributed by atoms with Crippen molar-refractivity contribution in [2.45, 2.75) is 0 Å². The molecule has 0 aliphatic carbocycles. The van der Waals surface area contributed by atoms with Gasteiger partial charge in [-0.1, -0.05) is 11.3 Å². The van der Waals surface area contributed by atoms with Gasteiger partial charge in [0.2, 0.25) is 10.1 Å². The van der Waals surface area contributed by atoms with Crippen molar-refractivity contribution < 1.29 is 13.6 Å². The molecule has 3 heterocycles. The van der Waals surface area contributed by atoms with Crippen molar-refractivity contribution in [3.63, 3.8) is 0 Å². The summed E-state index contributed by atoms with van der Waals surface area (Å²) >= 11 is 1.40. The minimum absolute atomic E-state index is 0.255. The molecule has 0 bridgehead atoms. The van der Waals surface area contributed by atoms with Crippen molar-refractivity contribution in [2.24, 2.45) is 0 Å². The van der Waals surface area contributed by atoms with E-state index in [2.05, 4.69) is 20.7 Å². The SMILES string of the molecule is O=C(NCCNc1nn2cc(-c3ccc(F)cc3)nc2s1)c1ccco1. The van der Waals surface area contributed by atoms with E-state index < -0.39 is 0 Å². The molecule has 0 aliphatic heterocycles. The third-order valence-electron chi connectivity index (χ3n) is 3.61. The van der Waals surface area contributed by atoms with Gasteiger partial charge in [-0.2, -0.15) is 0 Å². The summed E-state index contributed by atoms with van der Waals surface area (Å²) in [7, 11) is 0. The minimum Gasteiger partial charge on any atom is -0.459 e. The largest absolute Gasteiger partial charge is 0.459 e. The summed E-state index contributed by atoms with van der Waals surface area (Å²) in [5.74, 6) is -0.251. The van der Waals surface area contributed by atoms with Crippen LogP contribution in [0.4, 0.5) is 9.52 Å². The second-order valence-corrected chi connectivity index (χ2v) is 6.38. The average Bonchev–Trinajstić information content (AvgIpc) is 3.35. The second kappa shape index (κ2) is 6.96. The number of hydrogen-bond donors (Lipinski definition) is 2. The van der Waals surface area contributed by atoms with Gasteiger partial charge in [-0.05, 0) is 36.4 Å². The molecular formula is C17H14FN5O2S. The topological polar surface area (TPSA) is 84.5 Å². The zero-order valence-corrected chi connectivity index (χ0v) is 14.3.